The molecule has 152 valence electrons. The molecule has 1 heterocycles. The van der Waals surface area contributed by atoms with Gasteiger partial charge < -0.3 is 15.8 Å². The molecule has 5 nitrogen and oxygen atoms in total. The molecule has 1 amide bonds. The Morgan fingerprint density at radius 2 is 2.04 bits per heavy atom. The van der Waals surface area contributed by atoms with Crippen LogP contribution in [0.15, 0.2) is 42.7 Å². The van der Waals surface area contributed by atoms with Crippen molar-refractivity contribution in [2.24, 2.45) is 23.5 Å². The molecule has 2 saturated carbocycles. The number of nitrogens with two attached hydrogens (primary N) is 1. The Labute approximate surface area is 182 Å². The molecule has 0 radical (unpaired) electrons. The Kier molecular flexibility index (Phi) is 7.96. The molecule has 4 unspecified atom stereocenters. The average Bonchev–Trinajstić information content (AvgIpc) is 3.23. The molecule has 1 aromatic heterocycles. The Bertz CT molecular complexity index is 805. The molecule has 0 spiro atoms. The lowest BCUT2D eigenvalue weighted by Gasteiger charge is -2.27. The smallest absolute Gasteiger partial charge is 0.229 e. The first-order valence-electron chi connectivity index (χ1n) is 8.99. The van der Waals surface area contributed by atoms with Crippen molar-refractivity contribution in [1.29, 1.82) is 0 Å². The largest absolute Gasteiger partial charge is 0.487 e. The number of fused-ring (bicyclic) bond motifs is 2. The third-order valence-corrected chi connectivity index (χ3v) is 5.90. The van der Waals surface area contributed by atoms with Crippen LogP contribution in [0.4, 0.5) is 5.69 Å². The zero-order chi connectivity index (χ0) is 18.1. The number of nitrogens with one attached hydrogen (secondary N) is 1. The Morgan fingerprint density at radius 1 is 1.25 bits per heavy atom. The lowest BCUT2D eigenvalue weighted by Crippen LogP contribution is -2.42. The molecular formula is C20H24Cl3N3O2. The minimum absolute atomic E-state index is 0. The lowest BCUT2D eigenvalue weighted by atomic mass is 9.84. The van der Waals surface area contributed by atoms with Gasteiger partial charge in [-0.25, -0.2) is 0 Å². The summed E-state index contributed by atoms with van der Waals surface area (Å²) in [5, 5.41) is 3.43. The summed E-state index contributed by atoms with van der Waals surface area (Å²) >= 11 is 6.31. The molecule has 1 aromatic carbocycles. The summed E-state index contributed by atoms with van der Waals surface area (Å²) in [6.45, 7) is 0.388. The predicted octanol–water partition coefficient (Wildman–Crippen LogP) is 4.47. The number of rotatable bonds is 5. The van der Waals surface area contributed by atoms with E-state index >= 15 is 0 Å². The van der Waals surface area contributed by atoms with Crippen molar-refractivity contribution in [1.82, 2.24) is 4.98 Å². The maximum absolute atomic E-state index is 12.6. The standard InChI is InChI=1S/C20H22ClN3O2.2ClH/c21-16-9-15(5-6-17(16)26-11-12-2-1-7-23-10-12)24-20(25)18-13-3-4-14(8-13)19(18)22;;/h1-2,5-7,9-10,13-14,18-19H,3-4,8,11,22H2,(H,24,25);2*1H. The number of hydrogen-bond acceptors (Lipinski definition) is 4. The van der Waals surface area contributed by atoms with Gasteiger partial charge >= 0.3 is 0 Å². The number of amides is 1. The van der Waals surface area contributed by atoms with E-state index in [4.69, 9.17) is 22.1 Å². The molecule has 3 N–H and O–H groups in total. The summed E-state index contributed by atoms with van der Waals surface area (Å²) in [4.78, 5) is 16.7. The summed E-state index contributed by atoms with van der Waals surface area (Å²) < 4.78 is 5.74. The van der Waals surface area contributed by atoms with E-state index in [1.54, 1.807) is 30.6 Å². The van der Waals surface area contributed by atoms with E-state index in [0.29, 0.717) is 34.9 Å². The van der Waals surface area contributed by atoms with Crippen molar-refractivity contribution in [3.05, 3.63) is 53.3 Å². The summed E-state index contributed by atoms with van der Waals surface area (Å²) in [5.74, 6) is 1.42. The zero-order valence-corrected chi connectivity index (χ0v) is 17.6. The second-order valence-corrected chi connectivity index (χ2v) is 7.63. The van der Waals surface area contributed by atoms with Gasteiger partial charge in [0.15, 0.2) is 0 Å². The first-order chi connectivity index (χ1) is 12.6. The summed E-state index contributed by atoms with van der Waals surface area (Å²) in [5.41, 5.74) is 7.89. The lowest BCUT2D eigenvalue weighted by molar-refractivity contribution is -0.121. The molecule has 2 bridgehead atoms. The van der Waals surface area contributed by atoms with E-state index < -0.39 is 0 Å². The van der Waals surface area contributed by atoms with Crippen LogP contribution in [0, 0.1) is 17.8 Å². The molecule has 4 rings (SSSR count). The fourth-order valence-electron chi connectivity index (χ4n) is 4.29. The number of carbonyl (C=O) groups excluding carboxylic acids is 1. The minimum atomic E-state index is -0.0889. The fourth-order valence-corrected chi connectivity index (χ4v) is 4.53. The van der Waals surface area contributed by atoms with Crippen molar-refractivity contribution in [2.45, 2.75) is 31.9 Å². The van der Waals surface area contributed by atoms with Crippen LogP contribution in [0.5, 0.6) is 5.75 Å². The number of carbonyl (C=O) groups is 1. The first kappa shape index (κ1) is 22.8. The molecule has 0 aliphatic heterocycles. The molecule has 2 aromatic rings. The van der Waals surface area contributed by atoms with Gasteiger partial charge in [0.25, 0.3) is 0 Å². The second-order valence-electron chi connectivity index (χ2n) is 7.22. The number of nitrogens with zero attached hydrogens (tertiary/aromatic N) is 1. The van der Waals surface area contributed by atoms with Crippen LogP contribution in [-0.4, -0.2) is 16.9 Å². The van der Waals surface area contributed by atoms with Gasteiger partial charge in [0.1, 0.15) is 12.4 Å². The zero-order valence-electron chi connectivity index (χ0n) is 15.2. The molecule has 28 heavy (non-hydrogen) atoms. The summed E-state index contributed by atoms with van der Waals surface area (Å²) in [6, 6.07) is 9.08. The van der Waals surface area contributed by atoms with Gasteiger partial charge in [0.2, 0.25) is 5.91 Å². The molecule has 2 aliphatic rings. The van der Waals surface area contributed by atoms with Crippen molar-refractivity contribution < 1.29 is 9.53 Å². The molecular weight excluding hydrogens is 421 g/mol. The second kappa shape index (κ2) is 9.79. The summed E-state index contributed by atoms with van der Waals surface area (Å²) in [7, 11) is 0. The van der Waals surface area contributed by atoms with Crippen LogP contribution in [0.2, 0.25) is 5.02 Å². The SMILES string of the molecule is Cl.Cl.NC1C2CCC(C2)C1C(=O)Nc1ccc(OCc2cccnc2)c(Cl)c1. The van der Waals surface area contributed by atoms with E-state index in [2.05, 4.69) is 10.3 Å². The van der Waals surface area contributed by atoms with Gasteiger partial charge in [-0.2, -0.15) is 0 Å². The van der Waals surface area contributed by atoms with Crippen LogP contribution in [-0.2, 0) is 11.4 Å². The third-order valence-electron chi connectivity index (χ3n) is 5.60. The van der Waals surface area contributed by atoms with E-state index in [9.17, 15) is 4.79 Å². The quantitative estimate of drug-likeness (QED) is 0.713. The molecule has 0 saturated heterocycles. The molecule has 2 fully saturated rings. The normalized spacial score (nSPS) is 24.8. The Morgan fingerprint density at radius 3 is 2.68 bits per heavy atom. The highest BCUT2D eigenvalue weighted by atomic mass is 35.5. The van der Waals surface area contributed by atoms with E-state index in [0.717, 1.165) is 24.8 Å². The van der Waals surface area contributed by atoms with Gasteiger partial charge in [0.05, 0.1) is 10.9 Å². The maximum Gasteiger partial charge on any atom is 0.229 e. The van der Waals surface area contributed by atoms with Crippen molar-refractivity contribution in [2.75, 3.05) is 5.32 Å². The van der Waals surface area contributed by atoms with Gasteiger partial charge in [-0.1, -0.05) is 17.7 Å². The van der Waals surface area contributed by atoms with E-state index in [-0.39, 0.29) is 42.7 Å². The van der Waals surface area contributed by atoms with Crippen LogP contribution in [0.1, 0.15) is 24.8 Å². The Balaban J connectivity index is 0.00000140. The van der Waals surface area contributed by atoms with Crippen LogP contribution >= 0.6 is 36.4 Å². The highest BCUT2D eigenvalue weighted by Gasteiger charge is 2.49. The van der Waals surface area contributed by atoms with E-state index in [1.807, 2.05) is 12.1 Å². The minimum Gasteiger partial charge on any atom is -0.487 e. The molecule has 8 heteroatoms. The highest BCUT2D eigenvalue weighted by Crippen LogP contribution is 2.48. The first-order valence-corrected chi connectivity index (χ1v) is 9.37. The Hall–Kier alpha value is -1.53. The van der Waals surface area contributed by atoms with E-state index in [1.165, 1.54) is 0 Å². The average molecular weight is 445 g/mol. The van der Waals surface area contributed by atoms with Gasteiger partial charge in [0, 0.05) is 29.7 Å². The van der Waals surface area contributed by atoms with Crippen LogP contribution < -0.4 is 15.8 Å². The van der Waals surface area contributed by atoms with Crippen molar-refractivity contribution in [3.8, 4) is 5.75 Å². The monoisotopic (exact) mass is 443 g/mol. The van der Waals surface area contributed by atoms with Gasteiger partial charge in [-0.05, 0) is 55.4 Å². The van der Waals surface area contributed by atoms with Gasteiger partial charge in [-0.3, -0.25) is 9.78 Å². The highest BCUT2D eigenvalue weighted by molar-refractivity contribution is 6.32. The number of ether oxygens (including phenoxy) is 1. The number of benzene rings is 1. The predicted molar refractivity (Wildman–Crippen MR) is 115 cm³/mol. The summed E-state index contributed by atoms with van der Waals surface area (Å²) in [6.07, 6.45) is 6.82. The fraction of sp³-hybridized carbons (Fsp3) is 0.400. The number of aromatic nitrogens is 1. The molecule has 4 atom stereocenters. The van der Waals surface area contributed by atoms with Crippen molar-refractivity contribution >= 4 is 48.0 Å². The van der Waals surface area contributed by atoms with Crippen molar-refractivity contribution in [3.63, 3.8) is 0 Å². The number of halogens is 3. The maximum atomic E-state index is 12.6. The van der Waals surface area contributed by atoms with Crippen LogP contribution in [0.25, 0.3) is 0 Å². The number of hydrogen-bond donors (Lipinski definition) is 2. The van der Waals surface area contributed by atoms with Gasteiger partial charge in [-0.15, -0.1) is 24.8 Å². The molecule has 2 aliphatic carbocycles. The number of pyridine rings is 1. The number of anilines is 1. The third kappa shape index (κ3) is 4.71. The van der Waals surface area contributed by atoms with Crippen LogP contribution in [0.3, 0.4) is 0 Å². The topological polar surface area (TPSA) is 77.2 Å².